The number of hydrogen-bond acceptors (Lipinski definition) is 5. The first-order chi connectivity index (χ1) is 17.5. The van der Waals surface area contributed by atoms with Gasteiger partial charge in [0, 0.05) is 35.2 Å². The Kier molecular flexibility index (Phi) is 3.83. The summed E-state index contributed by atoms with van der Waals surface area (Å²) in [6.07, 6.45) is -2.06. The summed E-state index contributed by atoms with van der Waals surface area (Å²) in [6.45, 7) is 2.53. The van der Waals surface area contributed by atoms with E-state index in [1.165, 1.54) is 0 Å². The van der Waals surface area contributed by atoms with Crippen LogP contribution < -0.4 is 10.6 Å². The maximum absolute atomic E-state index is 13.3. The van der Waals surface area contributed by atoms with E-state index in [2.05, 4.69) is 38.0 Å². The van der Waals surface area contributed by atoms with Crippen LogP contribution in [-0.2, 0) is 21.7 Å². The van der Waals surface area contributed by atoms with E-state index in [4.69, 9.17) is 9.47 Å². The van der Waals surface area contributed by atoms with Crippen LogP contribution in [0.1, 0.15) is 29.1 Å². The summed E-state index contributed by atoms with van der Waals surface area (Å²) in [6, 6.07) is 16.0. The Hall–Kier alpha value is -3.43. The highest BCUT2D eigenvalue weighted by Crippen LogP contribution is 2.53. The number of carbonyl (C=O) groups excluding carboxylic acids is 1. The Morgan fingerprint density at radius 1 is 1.08 bits per heavy atom. The quantitative estimate of drug-likeness (QED) is 0.359. The van der Waals surface area contributed by atoms with E-state index >= 15 is 0 Å². The van der Waals surface area contributed by atoms with Crippen molar-refractivity contribution in [3.05, 3.63) is 59.7 Å². The monoisotopic (exact) mass is 482 g/mol. The first-order valence-electron chi connectivity index (χ1n) is 12.4. The van der Waals surface area contributed by atoms with Gasteiger partial charge in [0.25, 0.3) is 5.91 Å². The van der Waals surface area contributed by atoms with Crippen LogP contribution in [-0.4, -0.2) is 52.6 Å². The number of nitrogens with zero attached hydrogens (tertiary/aromatic N) is 2. The molecule has 2 bridgehead atoms. The second kappa shape index (κ2) is 6.66. The van der Waals surface area contributed by atoms with Gasteiger partial charge in [0.15, 0.2) is 12.0 Å². The number of methoxy groups -OCH3 is 1. The van der Waals surface area contributed by atoms with Gasteiger partial charge >= 0.3 is 0 Å². The van der Waals surface area contributed by atoms with Gasteiger partial charge in [-0.25, -0.2) is 0 Å². The van der Waals surface area contributed by atoms with Crippen molar-refractivity contribution in [2.75, 3.05) is 14.2 Å². The molecule has 5 atom stereocenters. The zero-order valence-corrected chi connectivity index (χ0v) is 20.2. The van der Waals surface area contributed by atoms with E-state index in [1.807, 2.05) is 44.3 Å². The SMILES string of the molecule is CN[C@@H]1C(O)[C@H]2O[C@@](C)([C@@H]1OC)n1c3ccccc3c3c4c(c5c6ccccc6n2c5c31)C(=O)NC4. The van der Waals surface area contributed by atoms with Gasteiger partial charge in [-0.05, 0) is 31.7 Å². The molecular weight excluding hydrogens is 456 g/mol. The molecule has 2 aromatic heterocycles. The Morgan fingerprint density at radius 2 is 1.78 bits per heavy atom. The largest absolute Gasteiger partial charge is 0.387 e. The second-order valence-corrected chi connectivity index (χ2v) is 10.2. The topological polar surface area (TPSA) is 89.7 Å². The predicted octanol–water partition coefficient (Wildman–Crippen LogP) is 3.32. The van der Waals surface area contributed by atoms with Crippen LogP contribution >= 0.6 is 0 Å². The average Bonchev–Trinajstić information content (AvgIpc) is 3.52. The fourth-order valence-corrected chi connectivity index (χ4v) is 7.35. The molecule has 0 saturated carbocycles. The normalized spacial score (nSPS) is 28.9. The number of rotatable bonds is 2. The molecule has 8 heteroatoms. The van der Waals surface area contributed by atoms with Gasteiger partial charge in [-0.1, -0.05) is 36.4 Å². The van der Waals surface area contributed by atoms with Crippen molar-refractivity contribution in [1.82, 2.24) is 19.8 Å². The standard InChI is InChI=1S/C28H26N4O4/c1-28-25(35-3)21(29-2)24(33)27(36-28)31-16-10-6-4-8-13(16)19-20-15(12-30-26(20)34)18-14-9-5-7-11-17(14)32(28)23(18)22(19)31/h4-11,21,24-25,27,29,33H,12H2,1-3H3,(H,30,34)/t21-,24?,25-,27-,28+/m1/s1. The Bertz CT molecular complexity index is 1790. The van der Waals surface area contributed by atoms with E-state index in [-0.39, 0.29) is 5.91 Å². The number of para-hydroxylation sites is 2. The van der Waals surface area contributed by atoms with E-state index in [0.717, 1.165) is 54.7 Å². The van der Waals surface area contributed by atoms with Crippen LogP contribution in [0.4, 0.5) is 0 Å². The predicted molar refractivity (Wildman–Crippen MR) is 137 cm³/mol. The number of nitrogens with one attached hydrogen (secondary N) is 2. The molecule has 8 nitrogen and oxygen atoms in total. The van der Waals surface area contributed by atoms with E-state index in [9.17, 15) is 9.90 Å². The molecule has 3 aromatic carbocycles. The minimum absolute atomic E-state index is 0.0607. The van der Waals surface area contributed by atoms with Crippen molar-refractivity contribution in [3.63, 3.8) is 0 Å². The summed E-state index contributed by atoms with van der Waals surface area (Å²) in [7, 11) is 3.51. The third-order valence-corrected chi connectivity index (χ3v) is 8.68. The van der Waals surface area contributed by atoms with Gasteiger partial charge in [-0.3, -0.25) is 4.79 Å². The number of fused-ring (bicyclic) bond motifs is 13. The molecular formula is C28H26N4O4. The number of amides is 1. The number of aliphatic hydroxyl groups is 1. The summed E-state index contributed by atoms with van der Waals surface area (Å²) in [5.41, 5.74) is 4.66. The maximum Gasteiger partial charge on any atom is 0.252 e. The first-order valence-corrected chi connectivity index (χ1v) is 12.4. The van der Waals surface area contributed by atoms with Crippen LogP contribution in [0.2, 0.25) is 0 Å². The Morgan fingerprint density at radius 3 is 2.50 bits per heavy atom. The van der Waals surface area contributed by atoms with Crippen molar-refractivity contribution in [2.24, 2.45) is 0 Å². The van der Waals surface area contributed by atoms with Crippen LogP contribution in [0.15, 0.2) is 48.5 Å². The molecule has 8 rings (SSSR count). The van der Waals surface area contributed by atoms with Crippen molar-refractivity contribution in [1.29, 1.82) is 0 Å². The fourth-order valence-electron chi connectivity index (χ4n) is 7.35. The highest BCUT2D eigenvalue weighted by atomic mass is 16.6. The molecule has 1 unspecified atom stereocenters. The number of ether oxygens (including phenoxy) is 2. The molecule has 5 aromatic rings. The van der Waals surface area contributed by atoms with Crippen LogP contribution in [0.5, 0.6) is 0 Å². The van der Waals surface area contributed by atoms with E-state index in [0.29, 0.717) is 6.54 Å². The first kappa shape index (κ1) is 20.7. The molecule has 3 aliphatic rings. The minimum atomic E-state index is -0.939. The summed E-state index contributed by atoms with van der Waals surface area (Å²) >= 11 is 0. The molecule has 0 radical (unpaired) electrons. The smallest absolute Gasteiger partial charge is 0.252 e. The molecule has 182 valence electrons. The highest BCUT2D eigenvalue weighted by Gasteiger charge is 2.56. The summed E-state index contributed by atoms with van der Waals surface area (Å²) in [5, 5.41) is 22.1. The van der Waals surface area contributed by atoms with Gasteiger partial charge in [0.2, 0.25) is 0 Å². The lowest BCUT2D eigenvalue weighted by atomic mass is 9.91. The van der Waals surface area contributed by atoms with Crippen molar-refractivity contribution >= 4 is 49.5 Å². The highest BCUT2D eigenvalue weighted by molar-refractivity contribution is 6.31. The van der Waals surface area contributed by atoms with Gasteiger partial charge in [-0.15, -0.1) is 0 Å². The summed E-state index contributed by atoms with van der Waals surface area (Å²) < 4.78 is 17.4. The molecule has 36 heavy (non-hydrogen) atoms. The number of aromatic nitrogens is 2. The average molecular weight is 483 g/mol. The second-order valence-electron chi connectivity index (χ2n) is 10.2. The maximum atomic E-state index is 13.3. The van der Waals surface area contributed by atoms with Gasteiger partial charge < -0.3 is 34.3 Å². The zero-order valence-electron chi connectivity index (χ0n) is 20.2. The number of benzene rings is 3. The fraction of sp³-hybridized carbons (Fsp3) is 0.321. The van der Waals surface area contributed by atoms with E-state index in [1.54, 1.807) is 7.11 Å². The minimum Gasteiger partial charge on any atom is -0.387 e. The molecule has 0 spiro atoms. The molecule has 3 N–H and O–H groups in total. The number of carbonyl (C=O) groups is 1. The number of aliphatic hydroxyl groups excluding tert-OH is 1. The molecule has 1 saturated heterocycles. The zero-order chi connectivity index (χ0) is 24.5. The molecule has 1 fully saturated rings. The summed E-state index contributed by atoms with van der Waals surface area (Å²) in [5.74, 6) is -0.0607. The van der Waals surface area contributed by atoms with Gasteiger partial charge in [0.1, 0.15) is 12.2 Å². The Balaban J connectivity index is 1.73. The number of likely N-dealkylation sites (N-methyl/N-ethyl adjacent to an activating group) is 1. The number of hydrogen-bond donors (Lipinski definition) is 3. The van der Waals surface area contributed by atoms with Crippen LogP contribution in [0.25, 0.3) is 43.6 Å². The third-order valence-electron chi connectivity index (χ3n) is 8.68. The molecule has 0 aliphatic carbocycles. The lowest BCUT2D eigenvalue weighted by Gasteiger charge is -2.50. The molecule has 3 aliphatic heterocycles. The van der Waals surface area contributed by atoms with Gasteiger partial charge in [0.05, 0.1) is 33.7 Å². The van der Waals surface area contributed by atoms with Crippen LogP contribution in [0, 0.1) is 0 Å². The van der Waals surface area contributed by atoms with E-state index < -0.39 is 30.2 Å². The van der Waals surface area contributed by atoms with Crippen molar-refractivity contribution in [2.45, 2.75) is 43.7 Å². The lowest BCUT2D eigenvalue weighted by Crippen LogP contribution is -2.65. The van der Waals surface area contributed by atoms with Crippen molar-refractivity contribution < 1.29 is 19.4 Å². The van der Waals surface area contributed by atoms with Crippen molar-refractivity contribution in [3.8, 4) is 0 Å². The molecule has 1 amide bonds. The van der Waals surface area contributed by atoms with Gasteiger partial charge in [-0.2, -0.15) is 0 Å². The van der Waals surface area contributed by atoms with Crippen LogP contribution in [0.3, 0.4) is 0 Å². The Labute approximate surface area is 206 Å². The third kappa shape index (κ3) is 2.11. The summed E-state index contributed by atoms with van der Waals surface area (Å²) in [4.78, 5) is 13.3. The lowest BCUT2D eigenvalue weighted by molar-refractivity contribution is -0.289. The molecule has 5 heterocycles.